The number of hydrogen-bond donors (Lipinski definition) is 2. The van der Waals surface area contributed by atoms with Crippen molar-refractivity contribution in [1.82, 2.24) is 10.3 Å². The van der Waals surface area contributed by atoms with Gasteiger partial charge in [0, 0.05) is 21.6 Å². The molecule has 0 aliphatic carbocycles. The SMILES string of the molecule is Cc1ccc2c(Br)c(C3CCCCN3)[nH]c2c1C. The lowest BCUT2D eigenvalue weighted by atomic mass is 10.0. The molecule has 2 aromatic rings. The van der Waals surface area contributed by atoms with Crippen LogP contribution in [0.5, 0.6) is 0 Å². The molecule has 1 aromatic carbocycles. The summed E-state index contributed by atoms with van der Waals surface area (Å²) in [6, 6.07) is 4.89. The van der Waals surface area contributed by atoms with Gasteiger partial charge in [0.25, 0.3) is 0 Å². The van der Waals surface area contributed by atoms with Crippen LogP contribution in [0, 0.1) is 13.8 Å². The molecule has 3 rings (SSSR count). The molecule has 0 bridgehead atoms. The molecule has 18 heavy (non-hydrogen) atoms. The van der Waals surface area contributed by atoms with Crippen molar-refractivity contribution < 1.29 is 0 Å². The summed E-state index contributed by atoms with van der Waals surface area (Å²) in [4.78, 5) is 3.63. The first kappa shape index (κ1) is 12.2. The topological polar surface area (TPSA) is 27.8 Å². The third kappa shape index (κ3) is 1.90. The molecule has 1 atom stereocenters. The number of rotatable bonds is 1. The fourth-order valence-corrected chi connectivity index (χ4v) is 3.54. The number of aryl methyl sites for hydroxylation is 2. The maximum absolute atomic E-state index is 3.77. The van der Waals surface area contributed by atoms with E-state index in [0.29, 0.717) is 6.04 Å². The van der Waals surface area contributed by atoms with Crippen LogP contribution in [0.4, 0.5) is 0 Å². The molecule has 0 radical (unpaired) electrons. The Hall–Kier alpha value is -0.800. The van der Waals surface area contributed by atoms with Gasteiger partial charge >= 0.3 is 0 Å². The second kappa shape index (κ2) is 4.71. The number of H-pyrrole nitrogens is 1. The summed E-state index contributed by atoms with van der Waals surface area (Å²) < 4.78 is 1.24. The van der Waals surface area contributed by atoms with E-state index in [9.17, 15) is 0 Å². The van der Waals surface area contributed by atoms with Gasteiger partial charge in [0.05, 0.1) is 5.52 Å². The van der Waals surface area contributed by atoms with Crippen molar-refractivity contribution >= 4 is 26.8 Å². The van der Waals surface area contributed by atoms with Gasteiger partial charge in [0.2, 0.25) is 0 Å². The molecule has 1 saturated heterocycles. The summed E-state index contributed by atoms with van der Waals surface area (Å²) in [5.74, 6) is 0. The zero-order chi connectivity index (χ0) is 12.7. The molecule has 0 saturated carbocycles. The van der Waals surface area contributed by atoms with Crippen molar-refractivity contribution in [2.75, 3.05) is 6.54 Å². The average Bonchev–Trinajstić information content (AvgIpc) is 2.73. The number of aromatic nitrogens is 1. The number of benzene rings is 1. The Morgan fingerprint density at radius 2 is 2.06 bits per heavy atom. The first-order chi connectivity index (χ1) is 8.68. The minimum Gasteiger partial charge on any atom is -0.356 e. The van der Waals surface area contributed by atoms with E-state index in [1.807, 2.05) is 0 Å². The molecule has 2 nitrogen and oxygen atoms in total. The lowest BCUT2D eigenvalue weighted by molar-refractivity contribution is 0.406. The fraction of sp³-hybridized carbons (Fsp3) is 0.467. The third-order valence-corrected chi connectivity index (χ3v) is 4.98. The van der Waals surface area contributed by atoms with Gasteiger partial charge in [-0.15, -0.1) is 0 Å². The molecule has 1 fully saturated rings. The molecular weight excluding hydrogens is 288 g/mol. The average molecular weight is 307 g/mol. The highest BCUT2D eigenvalue weighted by Gasteiger charge is 2.21. The van der Waals surface area contributed by atoms with E-state index in [4.69, 9.17) is 0 Å². The molecule has 1 aliphatic rings. The minimum atomic E-state index is 0.472. The van der Waals surface area contributed by atoms with E-state index in [1.54, 1.807) is 0 Å². The maximum Gasteiger partial charge on any atom is 0.0500 e. The first-order valence-electron chi connectivity index (χ1n) is 6.69. The predicted molar refractivity (Wildman–Crippen MR) is 80.1 cm³/mol. The number of piperidine rings is 1. The number of halogens is 1. The lowest BCUT2D eigenvalue weighted by Gasteiger charge is -2.23. The van der Waals surface area contributed by atoms with E-state index in [-0.39, 0.29) is 0 Å². The second-order valence-electron chi connectivity index (χ2n) is 5.29. The maximum atomic E-state index is 3.77. The Kier molecular flexibility index (Phi) is 3.20. The Morgan fingerprint density at radius 1 is 1.22 bits per heavy atom. The molecule has 96 valence electrons. The van der Waals surface area contributed by atoms with E-state index in [1.165, 1.54) is 51.5 Å². The first-order valence-corrected chi connectivity index (χ1v) is 7.48. The summed E-state index contributed by atoms with van der Waals surface area (Å²) in [7, 11) is 0. The Morgan fingerprint density at radius 3 is 2.78 bits per heavy atom. The van der Waals surface area contributed by atoms with Crippen molar-refractivity contribution in [2.24, 2.45) is 0 Å². The number of aromatic amines is 1. The van der Waals surface area contributed by atoms with Crippen LogP contribution in [0.15, 0.2) is 16.6 Å². The molecule has 1 unspecified atom stereocenters. The highest BCUT2D eigenvalue weighted by Crippen LogP contribution is 2.36. The largest absolute Gasteiger partial charge is 0.356 e. The van der Waals surface area contributed by atoms with E-state index in [0.717, 1.165) is 6.54 Å². The van der Waals surface area contributed by atoms with Crippen molar-refractivity contribution in [3.05, 3.63) is 33.4 Å². The van der Waals surface area contributed by atoms with Crippen molar-refractivity contribution in [2.45, 2.75) is 39.2 Å². The lowest BCUT2D eigenvalue weighted by Crippen LogP contribution is -2.27. The Labute approximate surface area is 116 Å². The van der Waals surface area contributed by atoms with Crippen LogP contribution in [-0.2, 0) is 0 Å². The minimum absolute atomic E-state index is 0.472. The van der Waals surface area contributed by atoms with Crippen LogP contribution in [0.3, 0.4) is 0 Å². The van der Waals surface area contributed by atoms with Crippen LogP contribution < -0.4 is 5.32 Å². The van der Waals surface area contributed by atoms with E-state index in [2.05, 4.69) is 52.2 Å². The van der Waals surface area contributed by atoms with Crippen LogP contribution in [-0.4, -0.2) is 11.5 Å². The number of hydrogen-bond acceptors (Lipinski definition) is 1. The van der Waals surface area contributed by atoms with E-state index >= 15 is 0 Å². The summed E-state index contributed by atoms with van der Waals surface area (Å²) in [5.41, 5.74) is 5.30. The normalized spacial score (nSPS) is 20.5. The molecule has 0 spiro atoms. The van der Waals surface area contributed by atoms with Gasteiger partial charge in [0.1, 0.15) is 0 Å². The number of nitrogens with one attached hydrogen (secondary N) is 2. The Balaban J connectivity index is 2.13. The molecule has 1 aliphatic heterocycles. The van der Waals surface area contributed by atoms with Crippen LogP contribution in [0.1, 0.15) is 42.1 Å². The molecule has 3 heteroatoms. The highest BCUT2D eigenvalue weighted by molar-refractivity contribution is 9.10. The van der Waals surface area contributed by atoms with E-state index < -0.39 is 0 Å². The van der Waals surface area contributed by atoms with Gasteiger partial charge in [-0.2, -0.15) is 0 Å². The van der Waals surface area contributed by atoms with Gasteiger partial charge in [-0.25, -0.2) is 0 Å². The fourth-order valence-electron chi connectivity index (χ4n) is 2.83. The number of fused-ring (bicyclic) bond motifs is 1. The zero-order valence-electron chi connectivity index (χ0n) is 10.9. The van der Waals surface area contributed by atoms with Crippen LogP contribution in [0.25, 0.3) is 10.9 Å². The standard InChI is InChI=1S/C15H19BrN2/c1-9-6-7-11-13(16)15(18-14(11)10(9)2)12-5-3-4-8-17-12/h6-7,12,17-18H,3-5,8H2,1-2H3. The summed E-state index contributed by atoms with van der Waals surface area (Å²) in [5, 5.41) is 4.92. The quantitative estimate of drug-likeness (QED) is 0.805. The zero-order valence-corrected chi connectivity index (χ0v) is 12.5. The molecular formula is C15H19BrN2. The molecule has 1 aromatic heterocycles. The van der Waals surface area contributed by atoms with Crippen LogP contribution in [0.2, 0.25) is 0 Å². The second-order valence-corrected chi connectivity index (χ2v) is 6.08. The molecule has 2 N–H and O–H groups in total. The van der Waals surface area contributed by atoms with Crippen molar-refractivity contribution in [3.8, 4) is 0 Å². The van der Waals surface area contributed by atoms with Gasteiger partial charge in [0.15, 0.2) is 0 Å². The van der Waals surface area contributed by atoms with Crippen molar-refractivity contribution in [1.29, 1.82) is 0 Å². The summed E-state index contributed by atoms with van der Waals surface area (Å²) >= 11 is 3.77. The Bertz CT molecular complexity index is 580. The van der Waals surface area contributed by atoms with Gasteiger partial charge in [-0.05, 0) is 60.3 Å². The summed E-state index contributed by atoms with van der Waals surface area (Å²) in [6.45, 7) is 5.49. The van der Waals surface area contributed by atoms with Crippen molar-refractivity contribution in [3.63, 3.8) is 0 Å². The summed E-state index contributed by atoms with van der Waals surface area (Å²) in [6.07, 6.45) is 3.84. The third-order valence-electron chi connectivity index (χ3n) is 4.13. The smallest absolute Gasteiger partial charge is 0.0500 e. The van der Waals surface area contributed by atoms with Crippen LogP contribution >= 0.6 is 15.9 Å². The van der Waals surface area contributed by atoms with Gasteiger partial charge < -0.3 is 10.3 Å². The van der Waals surface area contributed by atoms with Gasteiger partial charge in [-0.3, -0.25) is 0 Å². The monoisotopic (exact) mass is 306 g/mol. The highest BCUT2D eigenvalue weighted by atomic mass is 79.9. The van der Waals surface area contributed by atoms with Gasteiger partial charge in [-0.1, -0.05) is 18.6 Å². The predicted octanol–water partition coefficient (Wildman–Crippen LogP) is 4.36. The molecule has 2 heterocycles. The molecule has 0 amide bonds.